The van der Waals surface area contributed by atoms with Gasteiger partial charge in [0.2, 0.25) is 0 Å². The quantitative estimate of drug-likeness (QED) is 0.924. The van der Waals surface area contributed by atoms with Crippen molar-refractivity contribution < 1.29 is 18.7 Å². The molecule has 0 amide bonds. The first-order valence-electron chi connectivity index (χ1n) is 6.36. The van der Waals surface area contributed by atoms with E-state index in [4.69, 9.17) is 5.26 Å². The van der Waals surface area contributed by atoms with Crippen molar-refractivity contribution in [3.8, 4) is 6.07 Å². The largest absolute Gasteiger partial charge is 0.479 e. The van der Waals surface area contributed by atoms with Gasteiger partial charge in [-0.1, -0.05) is 6.92 Å². The Morgan fingerprint density at radius 2 is 2.10 bits per heavy atom. The molecule has 0 aromatic heterocycles. The van der Waals surface area contributed by atoms with Crippen LogP contribution in [-0.4, -0.2) is 23.2 Å². The highest BCUT2D eigenvalue weighted by molar-refractivity contribution is 5.84. The second-order valence-corrected chi connectivity index (χ2v) is 4.85. The maximum atomic E-state index is 14.1. The van der Waals surface area contributed by atoms with Crippen LogP contribution in [0.5, 0.6) is 0 Å². The third-order valence-corrected chi connectivity index (χ3v) is 3.89. The summed E-state index contributed by atoms with van der Waals surface area (Å²) in [6.07, 6.45) is 1.15. The van der Waals surface area contributed by atoms with Crippen molar-refractivity contribution >= 4 is 11.7 Å². The van der Waals surface area contributed by atoms with Crippen LogP contribution < -0.4 is 4.90 Å². The molecule has 0 aliphatic carbocycles. The molecule has 106 valence electrons. The summed E-state index contributed by atoms with van der Waals surface area (Å²) in [5, 5.41) is 18.1. The van der Waals surface area contributed by atoms with Crippen LogP contribution in [0.2, 0.25) is 0 Å². The first kappa shape index (κ1) is 14.3. The van der Waals surface area contributed by atoms with Gasteiger partial charge in [-0.05, 0) is 31.4 Å². The van der Waals surface area contributed by atoms with Crippen molar-refractivity contribution in [2.75, 3.05) is 11.4 Å². The number of nitrogens with zero attached hydrogens (tertiary/aromatic N) is 2. The lowest BCUT2D eigenvalue weighted by atomic mass is 9.92. The number of benzene rings is 1. The number of carboxylic acids is 1. The summed E-state index contributed by atoms with van der Waals surface area (Å²) in [6.45, 7) is 1.96. The van der Waals surface area contributed by atoms with Crippen molar-refractivity contribution in [2.45, 2.75) is 31.7 Å². The highest BCUT2D eigenvalue weighted by atomic mass is 19.1. The Bertz CT molecular complexity index is 574. The van der Waals surface area contributed by atoms with E-state index in [9.17, 15) is 18.7 Å². The van der Waals surface area contributed by atoms with E-state index in [1.807, 2.05) is 0 Å². The Kier molecular flexibility index (Phi) is 3.62. The van der Waals surface area contributed by atoms with Gasteiger partial charge in [0.25, 0.3) is 0 Å². The number of carboxylic acid groups (broad SMARTS) is 1. The van der Waals surface area contributed by atoms with Crippen LogP contribution in [0.1, 0.15) is 31.7 Å². The number of anilines is 1. The molecule has 1 aliphatic heterocycles. The molecule has 1 atom stereocenters. The molecule has 1 fully saturated rings. The number of hydrogen-bond donors (Lipinski definition) is 1. The van der Waals surface area contributed by atoms with Crippen LogP contribution in [0.4, 0.5) is 14.5 Å². The van der Waals surface area contributed by atoms with Gasteiger partial charge in [0, 0.05) is 6.54 Å². The van der Waals surface area contributed by atoms with Crippen molar-refractivity contribution in [3.05, 3.63) is 29.3 Å². The Hall–Kier alpha value is -2.16. The Morgan fingerprint density at radius 3 is 2.55 bits per heavy atom. The van der Waals surface area contributed by atoms with Gasteiger partial charge in [-0.15, -0.1) is 0 Å². The molecule has 1 N–H and O–H groups in total. The number of hydrogen-bond acceptors (Lipinski definition) is 3. The number of nitriles is 1. The molecule has 0 spiro atoms. The van der Waals surface area contributed by atoms with Crippen LogP contribution in [0.3, 0.4) is 0 Å². The summed E-state index contributed by atoms with van der Waals surface area (Å²) in [6, 6.07) is 3.53. The predicted octanol–water partition coefficient (Wildman–Crippen LogP) is 2.67. The van der Waals surface area contributed by atoms with Gasteiger partial charge >= 0.3 is 5.97 Å². The van der Waals surface area contributed by atoms with Crippen LogP contribution in [0.15, 0.2) is 12.1 Å². The molecule has 20 heavy (non-hydrogen) atoms. The lowest BCUT2D eigenvalue weighted by Gasteiger charge is -2.36. The summed E-state index contributed by atoms with van der Waals surface area (Å²) in [7, 11) is 0. The first-order chi connectivity index (χ1) is 9.46. The molecule has 0 saturated carbocycles. The van der Waals surface area contributed by atoms with Crippen molar-refractivity contribution in [1.29, 1.82) is 5.26 Å². The van der Waals surface area contributed by atoms with Gasteiger partial charge < -0.3 is 10.0 Å². The topological polar surface area (TPSA) is 64.3 Å². The fraction of sp³-hybridized carbons (Fsp3) is 0.429. The molecular formula is C14H14F2N2O2. The SMILES string of the molecule is CCC1(C(=O)O)CCCN1c1c(F)cc(C#N)cc1F. The fourth-order valence-electron chi connectivity index (χ4n) is 2.83. The minimum Gasteiger partial charge on any atom is -0.479 e. The normalized spacial score (nSPS) is 21.8. The van der Waals surface area contributed by atoms with Gasteiger partial charge in [-0.3, -0.25) is 0 Å². The average molecular weight is 280 g/mol. The lowest BCUT2D eigenvalue weighted by molar-refractivity contribution is -0.143. The number of aliphatic carboxylic acids is 1. The Morgan fingerprint density at radius 1 is 1.50 bits per heavy atom. The van der Waals surface area contributed by atoms with Crippen LogP contribution in [0, 0.1) is 23.0 Å². The van der Waals surface area contributed by atoms with E-state index in [1.54, 1.807) is 13.0 Å². The van der Waals surface area contributed by atoms with Crippen LogP contribution >= 0.6 is 0 Å². The Balaban J connectivity index is 2.56. The van der Waals surface area contributed by atoms with Gasteiger partial charge in [0.15, 0.2) is 11.6 Å². The molecule has 6 heteroatoms. The summed E-state index contributed by atoms with van der Waals surface area (Å²) in [5.41, 5.74) is -1.76. The average Bonchev–Trinajstić information content (AvgIpc) is 2.82. The van der Waals surface area contributed by atoms with Crippen LogP contribution in [-0.2, 0) is 4.79 Å². The smallest absolute Gasteiger partial charge is 0.329 e. The fourth-order valence-corrected chi connectivity index (χ4v) is 2.83. The van der Waals surface area contributed by atoms with E-state index in [2.05, 4.69) is 0 Å². The molecule has 2 rings (SSSR count). The summed E-state index contributed by atoms with van der Waals surface area (Å²) >= 11 is 0. The molecule has 1 aromatic rings. The molecule has 0 bridgehead atoms. The van der Waals surface area contributed by atoms with Crippen molar-refractivity contribution in [3.63, 3.8) is 0 Å². The third kappa shape index (κ3) is 1.99. The first-order valence-corrected chi connectivity index (χ1v) is 6.36. The van der Waals surface area contributed by atoms with Crippen molar-refractivity contribution in [2.24, 2.45) is 0 Å². The van der Waals surface area contributed by atoms with Gasteiger partial charge in [-0.25, -0.2) is 13.6 Å². The van der Waals surface area contributed by atoms with Gasteiger partial charge in [0.1, 0.15) is 11.2 Å². The van der Waals surface area contributed by atoms with Gasteiger partial charge in [-0.2, -0.15) is 5.26 Å². The second kappa shape index (κ2) is 5.08. The molecule has 1 saturated heterocycles. The van der Waals surface area contributed by atoms with E-state index in [1.165, 1.54) is 4.90 Å². The summed E-state index contributed by atoms with van der Waals surface area (Å²) in [5.74, 6) is -2.88. The van der Waals surface area contributed by atoms with E-state index in [-0.39, 0.29) is 24.2 Å². The third-order valence-electron chi connectivity index (χ3n) is 3.89. The highest BCUT2D eigenvalue weighted by Gasteiger charge is 2.47. The zero-order valence-electron chi connectivity index (χ0n) is 11.0. The van der Waals surface area contributed by atoms with Crippen LogP contribution in [0.25, 0.3) is 0 Å². The Labute approximate surface area is 115 Å². The van der Waals surface area contributed by atoms with Gasteiger partial charge in [0.05, 0.1) is 11.6 Å². The maximum Gasteiger partial charge on any atom is 0.329 e. The van der Waals surface area contributed by atoms with E-state index < -0.39 is 23.1 Å². The monoisotopic (exact) mass is 280 g/mol. The summed E-state index contributed by atoms with van der Waals surface area (Å²) < 4.78 is 28.1. The lowest BCUT2D eigenvalue weighted by Crippen LogP contribution is -2.51. The minimum absolute atomic E-state index is 0.125. The summed E-state index contributed by atoms with van der Waals surface area (Å²) in [4.78, 5) is 12.8. The number of rotatable bonds is 3. The molecule has 1 heterocycles. The second-order valence-electron chi connectivity index (χ2n) is 4.85. The zero-order valence-corrected chi connectivity index (χ0v) is 11.0. The molecule has 0 radical (unpaired) electrons. The van der Waals surface area contributed by atoms with Crippen molar-refractivity contribution in [1.82, 2.24) is 0 Å². The van der Waals surface area contributed by atoms with E-state index in [0.717, 1.165) is 12.1 Å². The molecule has 1 unspecified atom stereocenters. The highest BCUT2D eigenvalue weighted by Crippen LogP contribution is 2.39. The number of halogens is 2. The molecular weight excluding hydrogens is 266 g/mol. The molecule has 1 aromatic carbocycles. The predicted molar refractivity (Wildman–Crippen MR) is 68.3 cm³/mol. The molecule has 4 nitrogen and oxygen atoms in total. The minimum atomic E-state index is -1.28. The maximum absolute atomic E-state index is 14.1. The zero-order chi connectivity index (χ0) is 14.9. The van der Waals surface area contributed by atoms with E-state index in [0.29, 0.717) is 12.8 Å². The number of carbonyl (C=O) groups is 1. The van der Waals surface area contributed by atoms with E-state index >= 15 is 0 Å². The standard InChI is InChI=1S/C14H14F2N2O2/c1-2-14(13(19)20)4-3-5-18(14)12-10(15)6-9(8-17)7-11(12)16/h6-7H,2-5H2,1H3,(H,19,20). The molecule has 1 aliphatic rings.